The van der Waals surface area contributed by atoms with E-state index in [0.717, 1.165) is 57.3 Å². The summed E-state index contributed by atoms with van der Waals surface area (Å²) in [6, 6.07) is 5.95. The summed E-state index contributed by atoms with van der Waals surface area (Å²) in [5.74, 6) is 0.903. The predicted molar refractivity (Wildman–Crippen MR) is 135 cm³/mol. The Morgan fingerprint density at radius 2 is 1.97 bits per heavy atom. The number of carbonyl (C=O) groups excluding carboxylic acids is 1. The normalized spacial score (nSPS) is 17.4. The summed E-state index contributed by atoms with van der Waals surface area (Å²) in [4.78, 5) is 37.9. The van der Waals surface area contributed by atoms with Crippen molar-refractivity contribution in [2.45, 2.75) is 25.2 Å². The number of rotatable bonds is 5. The van der Waals surface area contributed by atoms with Crippen molar-refractivity contribution >= 4 is 34.2 Å². The lowest BCUT2D eigenvalue weighted by atomic mass is 9.94. The van der Waals surface area contributed by atoms with Crippen molar-refractivity contribution in [3.05, 3.63) is 66.6 Å². The number of H-pyrrole nitrogens is 2. The molecule has 1 aliphatic heterocycles. The van der Waals surface area contributed by atoms with Crippen LogP contribution in [0.4, 0.5) is 0 Å². The second kappa shape index (κ2) is 8.19. The standard InChI is InChI=1S/C26H21N9O/c36-26(15-1-2-15)31-18-7-16(9-28-11-18)17-8-19-23(34-35-24(19)30-10-17)25-32-21-13-29-12-20(22(21)33-25)14-3-5-27-6-4-14/h3-6,8-13,15-16H,1-2,7H2,(H,31,36)(H,32,33)(H,30,34,35). The zero-order chi connectivity index (χ0) is 24.1. The molecule has 6 heterocycles. The van der Waals surface area contributed by atoms with Crippen LogP contribution in [-0.2, 0) is 4.79 Å². The van der Waals surface area contributed by atoms with Crippen LogP contribution in [0.15, 0.2) is 66.1 Å². The van der Waals surface area contributed by atoms with Gasteiger partial charge in [0.15, 0.2) is 11.5 Å². The zero-order valence-electron chi connectivity index (χ0n) is 19.1. The van der Waals surface area contributed by atoms with E-state index in [2.05, 4.69) is 46.5 Å². The van der Waals surface area contributed by atoms with Gasteiger partial charge < -0.3 is 10.3 Å². The maximum atomic E-state index is 12.2. The smallest absolute Gasteiger partial charge is 0.227 e. The molecule has 0 saturated heterocycles. The second-order valence-corrected chi connectivity index (χ2v) is 9.17. The average molecular weight is 476 g/mol. The quantitative estimate of drug-likeness (QED) is 0.353. The van der Waals surface area contributed by atoms with E-state index in [9.17, 15) is 4.79 Å². The fourth-order valence-corrected chi connectivity index (χ4v) is 4.57. The van der Waals surface area contributed by atoms with E-state index in [1.807, 2.05) is 30.7 Å². The van der Waals surface area contributed by atoms with Crippen LogP contribution in [0.3, 0.4) is 0 Å². The molecule has 0 spiro atoms. The highest BCUT2D eigenvalue weighted by atomic mass is 16.2. The second-order valence-electron chi connectivity index (χ2n) is 9.17. The molecule has 176 valence electrons. The Kier molecular flexibility index (Phi) is 4.69. The Morgan fingerprint density at radius 3 is 2.83 bits per heavy atom. The molecule has 0 aromatic carbocycles. The Balaban J connectivity index is 1.23. The van der Waals surface area contributed by atoms with Crippen molar-refractivity contribution in [1.82, 2.24) is 40.4 Å². The van der Waals surface area contributed by atoms with Gasteiger partial charge in [0.05, 0.1) is 22.6 Å². The lowest BCUT2D eigenvalue weighted by molar-refractivity contribution is -0.121. The number of imidazole rings is 1. The summed E-state index contributed by atoms with van der Waals surface area (Å²) in [6.45, 7) is 0. The van der Waals surface area contributed by atoms with Crippen molar-refractivity contribution in [3.8, 4) is 22.6 Å². The van der Waals surface area contributed by atoms with Gasteiger partial charge in [-0.05, 0) is 42.2 Å². The third-order valence-corrected chi connectivity index (χ3v) is 6.65. The molecule has 10 heteroatoms. The van der Waals surface area contributed by atoms with Crippen LogP contribution in [-0.4, -0.2) is 47.2 Å². The third-order valence-electron chi connectivity index (χ3n) is 6.65. The molecule has 3 N–H and O–H groups in total. The van der Waals surface area contributed by atoms with Crippen LogP contribution in [0.1, 0.15) is 30.7 Å². The molecule has 1 amide bonds. The number of hydrogen-bond acceptors (Lipinski definition) is 7. The number of allylic oxidation sites excluding steroid dienone is 1. The number of aliphatic imine (C=N–C) groups is 1. The highest BCUT2D eigenvalue weighted by molar-refractivity contribution is 5.96. The van der Waals surface area contributed by atoms with Gasteiger partial charge in [0.25, 0.3) is 0 Å². The maximum absolute atomic E-state index is 12.2. The lowest BCUT2D eigenvalue weighted by Gasteiger charge is -2.18. The molecular formula is C26H21N9O. The van der Waals surface area contributed by atoms with Gasteiger partial charge >= 0.3 is 0 Å². The summed E-state index contributed by atoms with van der Waals surface area (Å²) >= 11 is 0. The number of nitrogens with one attached hydrogen (secondary N) is 3. The highest BCUT2D eigenvalue weighted by Crippen LogP contribution is 2.33. The lowest BCUT2D eigenvalue weighted by Crippen LogP contribution is -2.26. The van der Waals surface area contributed by atoms with Gasteiger partial charge in [0, 0.05) is 66.7 Å². The number of aromatic amines is 2. The minimum absolute atomic E-state index is 0.00215. The van der Waals surface area contributed by atoms with E-state index in [-0.39, 0.29) is 17.7 Å². The van der Waals surface area contributed by atoms with E-state index in [1.165, 1.54) is 0 Å². The van der Waals surface area contributed by atoms with Gasteiger partial charge in [-0.3, -0.25) is 24.9 Å². The van der Waals surface area contributed by atoms with Gasteiger partial charge in [-0.25, -0.2) is 9.97 Å². The summed E-state index contributed by atoms with van der Waals surface area (Å²) in [5.41, 5.74) is 6.75. The van der Waals surface area contributed by atoms with Gasteiger partial charge in [0.2, 0.25) is 5.91 Å². The molecule has 5 aromatic heterocycles. The van der Waals surface area contributed by atoms with Crippen molar-refractivity contribution in [2.75, 3.05) is 0 Å². The van der Waals surface area contributed by atoms with Gasteiger partial charge in [0.1, 0.15) is 5.69 Å². The minimum atomic E-state index is 0.00215. The summed E-state index contributed by atoms with van der Waals surface area (Å²) in [6.07, 6.45) is 15.1. The maximum Gasteiger partial charge on any atom is 0.227 e. The summed E-state index contributed by atoms with van der Waals surface area (Å²) in [5, 5.41) is 11.4. The van der Waals surface area contributed by atoms with E-state index in [0.29, 0.717) is 17.9 Å². The van der Waals surface area contributed by atoms with Crippen molar-refractivity contribution < 1.29 is 4.79 Å². The first kappa shape index (κ1) is 20.6. The Bertz CT molecular complexity index is 1680. The number of pyridine rings is 3. The van der Waals surface area contributed by atoms with E-state index in [4.69, 9.17) is 4.98 Å². The van der Waals surface area contributed by atoms with E-state index < -0.39 is 0 Å². The number of hydrogen-bond donors (Lipinski definition) is 3. The fraction of sp³-hybridized carbons (Fsp3) is 0.192. The number of nitrogens with zero attached hydrogens (tertiary/aromatic N) is 6. The number of carbonyl (C=O) groups is 1. The Labute approximate surface area is 205 Å². The Hall–Kier alpha value is -4.73. The first-order valence-electron chi connectivity index (χ1n) is 11.8. The van der Waals surface area contributed by atoms with Gasteiger partial charge in [-0.1, -0.05) is 0 Å². The molecule has 5 aromatic rings. The molecule has 1 aliphatic carbocycles. The molecule has 7 rings (SSSR count). The van der Waals surface area contributed by atoms with Crippen LogP contribution in [0, 0.1) is 5.92 Å². The highest BCUT2D eigenvalue weighted by Gasteiger charge is 2.30. The van der Waals surface area contributed by atoms with E-state index in [1.54, 1.807) is 24.8 Å². The van der Waals surface area contributed by atoms with Crippen molar-refractivity contribution in [2.24, 2.45) is 10.9 Å². The van der Waals surface area contributed by atoms with Gasteiger partial charge in [-0.15, -0.1) is 0 Å². The number of amides is 1. The van der Waals surface area contributed by atoms with Crippen LogP contribution >= 0.6 is 0 Å². The molecule has 0 radical (unpaired) electrons. The number of aromatic nitrogens is 7. The molecule has 10 nitrogen and oxygen atoms in total. The van der Waals surface area contributed by atoms with Crippen molar-refractivity contribution in [3.63, 3.8) is 0 Å². The van der Waals surface area contributed by atoms with Gasteiger partial charge in [-0.2, -0.15) is 5.10 Å². The molecule has 0 bridgehead atoms. The van der Waals surface area contributed by atoms with Crippen molar-refractivity contribution in [1.29, 1.82) is 0 Å². The van der Waals surface area contributed by atoms with E-state index >= 15 is 0 Å². The first-order valence-corrected chi connectivity index (χ1v) is 11.8. The van der Waals surface area contributed by atoms with Crippen LogP contribution in [0.25, 0.3) is 44.7 Å². The zero-order valence-corrected chi connectivity index (χ0v) is 19.1. The fourth-order valence-electron chi connectivity index (χ4n) is 4.57. The molecule has 2 aliphatic rings. The molecular weight excluding hydrogens is 454 g/mol. The molecule has 1 fully saturated rings. The van der Waals surface area contributed by atoms with Crippen LogP contribution in [0.5, 0.6) is 0 Å². The first-order chi connectivity index (χ1) is 17.7. The largest absolute Gasteiger partial charge is 0.335 e. The summed E-state index contributed by atoms with van der Waals surface area (Å²) in [7, 11) is 0. The average Bonchev–Trinajstić information content (AvgIpc) is 3.55. The molecule has 1 atom stereocenters. The number of fused-ring (bicyclic) bond motifs is 2. The predicted octanol–water partition coefficient (Wildman–Crippen LogP) is 3.88. The topological polar surface area (TPSA) is 137 Å². The molecule has 1 saturated carbocycles. The summed E-state index contributed by atoms with van der Waals surface area (Å²) < 4.78 is 0. The minimum Gasteiger partial charge on any atom is -0.335 e. The van der Waals surface area contributed by atoms with Crippen LogP contribution < -0.4 is 5.32 Å². The monoisotopic (exact) mass is 475 g/mol. The van der Waals surface area contributed by atoms with Crippen LogP contribution in [0.2, 0.25) is 0 Å². The Morgan fingerprint density at radius 1 is 1.08 bits per heavy atom. The molecule has 1 unspecified atom stereocenters. The SMILES string of the molecule is O=C(NC1=CN=CC(c2cnc3n[nH]c(-c4nc5c(-c6ccncc6)cncc5[nH]4)c3c2)C1)C1CC1. The molecule has 36 heavy (non-hydrogen) atoms. The third kappa shape index (κ3) is 3.63.